The van der Waals surface area contributed by atoms with E-state index in [2.05, 4.69) is 22.1 Å². The van der Waals surface area contributed by atoms with Crippen LogP contribution in [0.4, 0.5) is 10.1 Å². The maximum atomic E-state index is 14.3. The second-order valence-corrected chi connectivity index (χ2v) is 6.46. The lowest BCUT2D eigenvalue weighted by molar-refractivity contribution is 0.291. The van der Waals surface area contributed by atoms with Crippen molar-refractivity contribution in [2.75, 3.05) is 5.32 Å². The number of benzene rings is 2. The molecule has 0 unspecified atom stereocenters. The van der Waals surface area contributed by atoms with Gasteiger partial charge in [-0.2, -0.15) is 0 Å². The van der Waals surface area contributed by atoms with Crippen LogP contribution in [-0.2, 0) is 6.61 Å². The van der Waals surface area contributed by atoms with E-state index in [0.29, 0.717) is 16.9 Å². The average Bonchev–Trinajstić information content (AvgIpc) is 2.72. The van der Waals surface area contributed by atoms with Crippen molar-refractivity contribution in [1.82, 2.24) is 10.2 Å². The number of phenolic OH excluding ortho intramolecular Hbond substituents is 1. The zero-order chi connectivity index (χ0) is 20.8. The van der Waals surface area contributed by atoms with E-state index in [1.807, 2.05) is 26.0 Å². The number of anilines is 1. The Morgan fingerprint density at radius 2 is 2.03 bits per heavy atom. The van der Waals surface area contributed by atoms with Crippen LogP contribution < -0.4 is 10.1 Å². The van der Waals surface area contributed by atoms with E-state index in [9.17, 15) is 9.50 Å². The van der Waals surface area contributed by atoms with Crippen LogP contribution >= 0.6 is 0 Å². The minimum Gasteiger partial charge on any atom is -0.508 e. The van der Waals surface area contributed by atoms with Gasteiger partial charge in [0.2, 0.25) is 0 Å². The number of hydrogen-bond donors (Lipinski definition) is 2. The number of rotatable bonds is 7. The maximum absolute atomic E-state index is 14.3. The van der Waals surface area contributed by atoms with Crippen LogP contribution in [0.15, 0.2) is 73.0 Å². The van der Waals surface area contributed by atoms with E-state index < -0.39 is 0 Å². The summed E-state index contributed by atoms with van der Waals surface area (Å²) in [5.41, 5.74) is 3.72. The molecule has 148 valence electrons. The highest BCUT2D eigenvalue weighted by molar-refractivity contribution is 5.68. The minimum atomic E-state index is -0.376. The predicted molar refractivity (Wildman–Crippen MR) is 112 cm³/mol. The Bertz CT molecular complexity index is 1060. The molecular formula is C23H22FN3O2. The summed E-state index contributed by atoms with van der Waals surface area (Å²) >= 11 is 0. The third kappa shape index (κ3) is 4.99. The molecule has 0 atom stereocenters. The zero-order valence-electron chi connectivity index (χ0n) is 16.3. The second-order valence-electron chi connectivity index (χ2n) is 6.46. The maximum Gasteiger partial charge on any atom is 0.257 e. The van der Waals surface area contributed by atoms with E-state index in [1.54, 1.807) is 42.5 Å². The lowest BCUT2D eigenvalue weighted by Crippen LogP contribution is -2.06. The molecule has 0 aliphatic heterocycles. The molecule has 0 bridgehead atoms. The van der Waals surface area contributed by atoms with Gasteiger partial charge < -0.3 is 15.2 Å². The summed E-state index contributed by atoms with van der Waals surface area (Å²) in [6.07, 6.45) is 3.51. The Labute approximate surface area is 169 Å². The van der Waals surface area contributed by atoms with Gasteiger partial charge in [0.05, 0.1) is 5.69 Å². The molecule has 0 spiro atoms. The Balaban J connectivity index is 1.96. The number of aromatic hydroxyl groups is 1. The number of nitrogens with zero attached hydrogens (tertiary/aromatic N) is 2. The van der Waals surface area contributed by atoms with Gasteiger partial charge in [0.25, 0.3) is 5.88 Å². The van der Waals surface area contributed by atoms with Gasteiger partial charge in [-0.05, 0) is 55.8 Å². The van der Waals surface area contributed by atoms with Gasteiger partial charge >= 0.3 is 0 Å². The summed E-state index contributed by atoms with van der Waals surface area (Å²) in [6, 6.07) is 13.3. The van der Waals surface area contributed by atoms with Crippen LogP contribution in [0.3, 0.4) is 0 Å². The fourth-order valence-corrected chi connectivity index (χ4v) is 2.74. The van der Waals surface area contributed by atoms with Gasteiger partial charge in [-0.3, -0.25) is 0 Å². The number of hydrogen-bond acceptors (Lipinski definition) is 5. The summed E-state index contributed by atoms with van der Waals surface area (Å²) in [5, 5.41) is 21.1. The molecule has 5 nitrogen and oxygen atoms in total. The quantitative estimate of drug-likeness (QED) is 0.530. The van der Waals surface area contributed by atoms with Gasteiger partial charge in [0.1, 0.15) is 23.9 Å². The molecule has 0 saturated carbocycles. The van der Waals surface area contributed by atoms with Crippen molar-refractivity contribution in [2.45, 2.75) is 20.5 Å². The van der Waals surface area contributed by atoms with E-state index in [-0.39, 0.29) is 24.1 Å². The monoisotopic (exact) mass is 391 g/mol. The predicted octanol–water partition coefficient (Wildman–Crippen LogP) is 5.38. The van der Waals surface area contributed by atoms with Crippen molar-refractivity contribution in [1.29, 1.82) is 0 Å². The van der Waals surface area contributed by atoms with Crippen LogP contribution in [0, 0.1) is 12.7 Å². The average molecular weight is 391 g/mol. The van der Waals surface area contributed by atoms with Crippen LogP contribution in [0.5, 0.6) is 11.6 Å². The van der Waals surface area contributed by atoms with Gasteiger partial charge in [0, 0.05) is 11.3 Å². The first-order valence-corrected chi connectivity index (χ1v) is 9.11. The Morgan fingerprint density at radius 1 is 1.21 bits per heavy atom. The topological polar surface area (TPSA) is 67.3 Å². The molecule has 0 amide bonds. The summed E-state index contributed by atoms with van der Waals surface area (Å²) in [6.45, 7) is 7.72. The Hall–Kier alpha value is -3.67. The standard InChI is InChI=1S/C23H22FN3O2/c1-4-17(5-2)25-22-13-21(19-11-15(3)9-10-20(19)24)26-27-23(22)29-14-16-7-6-8-18(28)12-16/h4-13,28H,1,14H2,2-3H3,(H,25,26)/b17-5+. The summed E-state index contributed by atoms with van der Waals surface area (Å²) in [5.74, 6) is 0.0364. The van der Waals surface area contributed by atoms with Gasteiger partial charge in [-0.1, -0.05) is 36.4 Å². The molecule has 3 aromatic rings. The summed E-state index contributed by atoms with van der Waals surface area (Å²) in [4.78, 5) is 0. The molecule has 2 N–H and O–H groups in total. The number of phenols is 1. The number of allylic oxidation sites excluding steroid dienone is 2. The Morgan fingerprint density at radius 3 is 2.76 bits per heavy atom. The van der Waals surface area contributed by atoms with E-state index >= 15 is 0 Å². The van der Waals surface area contributed by atoms with Crippen LogP contribution in [-0.4, -0.2) is 15.3 Å². The van der Waals surface area contributed by atoms with E-state index in [4.69, 9.17) is 4.74 Å². The zero-order valence-corrected chi connectivity index (χ0v) is 16.3. The number of halogens is 1. The first-order valence-electron chi connectivity index (χ1n) is 9.11. The smallest absolute Gasteiger partial charge is 0.257 e. The first kappa shape index (κ1) is 20.1. The molecule has 1 aromatic heterocycles. The third-order valence-electron chi connectivity index (χ3n) is 4.25. The first-order chi connectivity index (χ1) is 14.0. The van der Waals surface area contributed by atoms with Gasteiger partial charge in [-0.15, -0.1) is 10.2 Å². The number of aryl methyl sites for hydroxylation is 1. The highest BCUT2D eigenvalue weighted by Crippen LogP contribution is 2.30. The molecule has 0 saturated heterocycles. The van der Waals surface area contributed by atoms with E-state index in [1.165, 1.54) is 6.07 Å². The van der Waals surface area contributed by atoms with Crippen molar-refractivity contribution < 1.29 is 14.2 Å². The van der Waals surface area contributed by atoms with Crippen molar-refractivity contribution >= 4 is 5.69 Å². The molecule has 0 fully saturated rings. The van der Waals surface area contributed by atoms with Crippen LogP contribution in [0.25, 0.3) is 11.3 Å². The van der Waals surface area contributed by atoms with E-state index in [0.717, 1.165) is 16.8 Å². The lowest BCUT2D eigenvalue weighted by Gasteiger charge is -2.14. The molecule has 2 aromatic carbocycles. The molecule has 29 heavy (non-hydrogen) atoms. The highest BCUT2D eigenvalue weighted by atomic mass is 19.1. The normalized spacial score (nSPS) is 11.2. The Kier molecular flexibility index (Phi) is 6.24. The fourth-order valence-electron chi connectivity index (χ4n) is 2.74. The minimum absolute atomic E-state index is 0.156. The molecule has 0 radical (unpaired) electrons. The van der Waals surface area contributed by atoms with Crippen molar-refractivity contribution in [2.24, 2.45) is 0 Å². The molecule has 0 aliphatic carbocycles. The molecule has 0 aliphatic rings. The van der Waals surface area contributed by atoms with Gasteiger partial charge in [-0.25, -0.2) is 4.39 Å². The molecule has 6 heteroatoms. The molecular weight excluding hydrogens is 369 g/mol. The highest BCUT2D eigenvalue weighted by Gasteiger charge is 2.14. The fraction of sp³-hybridized carbons (Fsp3) is 0.130. The SMILES string of the molecule is C=C/C(=C\C)Nc1cc(-c2cc(C)ccc2F)nnc1OCc1cccc(O)c1. The van der Waals surface area contributed by atoms with Crippen molar-refractivity contribution in [3.63, 3.8) is 0 Å². The van der Waals surface area contributed by atoms with Gasteiger partial charge in [0.15, 0.2) is 0 Å². The largest absolute Gasteiger partial charge is 0.508 e. The molecule has 3 rings (SSSR count). The number of aromatic nitrogens is 2. The van der Waals surface area contributed by atoms with Crippen LogP contribution in [0.1, 0.15) is 18.1 Å². The third-order valence-corrected chi connectivity index (χ3v) is 4.25. The number of ether oxygens (including phenoxy) is 1. The number of nitrogens with one attached hydrogen (secondary N) is 1. The van der Waals surface area contributed by atoms with Crippen molar-refractivity contribution in [3.05, 3.63) is 89.9 Å². The summed E-state index contributed by atoms with van der Waals surface area (Å²) in [7, 11) is 0. The van der Waals surface area contributed by atoms with Crippen molar-refractivity contribution in [3.8, 4) is 22.9 Å². The second kappa shape index (κ2) is 9.01. The molecule has 1 heterocycles. The summed E-state index contributed by atoms with van der Waals surface area (Å²) < 4.78 is 20.1. The van der Waals surface area contributed by atoms with Crippen LogP contribution in [0.2, 0.25) is 0 Å². The lowest BCUT2D eigenvalue weighted by atomic mass is 10.1.